The van der Waals surface area contributed by atoms with E-state index < -0.39 is 17.9 Å². The highest BCUT2D eigenvalue weighted by Crippen LogP contribution is 2.31. The van der Waals surface area contributed by atoms with Gasteiger partial charge in [0.25, 0.3) is 0 Å². The minimum absolute atomic E-state index is 0.0195. The summed E-state index contributed by atoms with van der Waals surface area (Å²) in [4.78, 5) is 31.7. The Bertz CT molecular complexity index is 1870. The van der Waals surface area contributed by atoms with Gasteiger partial charge in [-0.3, -0.25) is 9.59 Å². The van der Waals surface area contributed by atoms with Gasteiger partial charge in [0.15, 0.2) is 11.7 Å². The summed E-state index contributed by atoms with van der Waals surface area (Å²) in [5, 5.41) is 20.0. The van der Waals surface area contributed by atoms with Gasteiger partial charge in [-0.15, -0.1) is 0 Å². The van der Waals surface area contributed by atoms with Gasteiger partial charge >= 0.3 is 11.9 Å². The molecule has 0 aliphatic heterocycles. The molecule has 0 aliphatic carbocycles. The normalized spacial score (nSPS) is 11.5. The minimum Gasteiger partial charge on any atom is -0.494 e. The van der Waals surface area contributed by atoms with E-state index in [1.54, 1.807) is 12.1 Å². The van der Waals surface area contributed by atoms with E-state index in [9.17, 15) is 14.0 Å². The van der Waals surface area contributed by atoms with Crippen LogP contribution in [0.2, 0.25) is 0 Å². The number of rotatable bonds is 14. The van der Waals surface area contributed by atoms with E-state index in [-0.39, 0.29) is 24.3 Å². The number of carbonyl (C=O) groups is 2. The van der Waals surface area contributed by atoms with Gasteiger partial charge in [0, 0.05) is 17.2 Å². The van der Waals surface area contributed by atoms with Crippen LogP contribution in [0.3, 0.4) is 0 Å². The number of unbranched alkanes of at least 4 members (excludes halogenated alkanes) is 2. The van der Waals surface area contributed by atoms with Gasteiger partial charge in [-0.1, -0.05) is 88.2 Å². The molecule has 0 amide bonds. The maximum Gasteiger partial charge on any atom is 0.317 e. The van der Waals surface area contributed by atoms with E-state index in [0.717, 1.165) is 33.2 Å². The standard InChI is InChI=1S/C39H39FN2O6/c1-39(2,3)30-15-12-26(13-16-30)34-23-35(48-24-25-8-17-31(40)18-9-25)42-36(41-34)29-11-10-28-22-32(19-14-27(28)21-29)47-20-6-4-5-7-33(37(43)44)38(45)46/h8-19,21-23,33H,4-7,20,24H2,1-3H3,(H,43,44)(H,45,46). The summed E-state index contributed by atoms with van der Waals surface area (Å²) in [6.07, 6.45) is 1.95. The quantitative estimate of drug-likeness (QED) is 0.0905. The van der Waals surface area contributed by atoms with E-state index in [1.165, 1.54) is 17.7 Å². The summed E-state index contributed by atoms with van der Waals surface area (Å²) >= 11 is 0. The zero-order valence-electron chi connectivity index (χ0n) is 27.3. The molecule has 0 atom stereocenters. The van der Waals surface area contributed by atoms with Crippen LogP contribution in [0.1, 0.15) is 57.6 Å². The molecule has 248 valence electrons. The number of ether oxygens (including phenoxy) is 2. The lowest BCUT2D eigenvalue weighted by Gasteiger charge is -2.19. The highest BCUT2D eigenvalue weighted by atomic mass is 19.1. The van der Waals surface area contributed by atoms with E-state index in [1.807, 2.05) is 42.5 Å². The molecule has 0 saturated heterocycles. The van der Waals surface area contributed by atoms with Crippen molar-refractivity contribution in [2.75, 3.05) is 6.61 Å². The third-order valence-corrected chi connectivity index (χ3v) is 8.12. The van der Waals surface area contributed by atoms with Crippen LogP contribution in [0.25, 0.3) is 33.4 Å². The zero-order valence-corrected chi connectivity index (χ0v) is 27.3. The van der Waals surface area contributed by atoms with Crippen LogP contribution >= 0.6 is 0 Å². The Morgan fingerprint density at radius 3 is 2.10 bits per heavy atom. The van der Waals surface area contributed by atoms with Gasteiger partial charge in [0.1, 0.15) is 18.2 Å². The molecule has 4 aromatic carbocycles. The number of nitrogens with zero attached hydrogens (tertiary/aromatic N) is 2. The Morgan fingerprint density at radius 2 is 1.42 bits per heavy atom. The van der Waals surface area contributed by atoms with Gasteiger partial charge in [-0.05, 0) is 70.5 Å². The molecule has 5 aromatic rings. The first-order valence-electron chi connectivity index (χ1n) is 16.0. The van der Waals surface area contributed by atoms with Crippen molar-refractivity contribution in [1.82, 2.24) is 9.97 Å². The summed E-state index contributed by atoms with van der Waals surface area (Å²) in [6.45, 7) is 7.19. The summed E-state index contributed by atoms with van der Waals surface area (Å²) in [7, 11) is 0. The van der Waals surface area contributed by atoms with Crippen LogP contribution in [0.4, 0.5) is 4.39 Å². The fourth-order valence-electron chi connectivity index (χ4n) is 5.28. The largest absolute Gasteiger partial charge is 0.494 e. The molecular weight excluding hydrogens is 611 g/mol. The van der Waals surface area contributed by atoms with Crippen LogP contribution in [0.5, 0.6) is 11.6 Å². The number of carboxylic acids is 2. The number of aromatic nitrogens is 2. The molecule has 5 rings (SSSR count). The van der Waals surface area contributed by atoms with E-state index >= 15 is 0 Å². The van der Waals surface area contributed by atoms with Crippen molar-refractivity contribution in [1.29, 1.82) is 0 Å². The van der Waals surface area contributed by atoms with Gasteiger partial charge in [0.05, 0.1) is 12.3 Å². The molecule has 0 saturated carbocycles. The smallest absolute Gasteiger partial charge is 0.317 e. The van der Waals surface area contributed by atoms with Crippen molar-refractivity contribution < 1.29 is 33.7 Å². The Kier molecular flexibility index (Phi) is 10.7. The van der Waals surface area contributed by atoms with Crippen LogP contribution < -0.4 is 9.47 Å². The summed E-state index contributed by atoms with van der Waals surface area (Å²) in [6, 6.07) is 28.1. The number of hydrogen-bond donors (Lipinski definition) is 2. The molecule has 0 bridgehead atoms. The van der Waals surface area contributed by atoms with Gasteiger partial charge in [-0.25, -0.2) is 9.37 Å². The zero-order chi connectivity index (χ0) is 34.3. The topological polar surface area (TPSA) is 119 Å². The minimum atomic E-state index is -1.37. The molecule has 9 heteroatoms. The second-order valence-corrected chi connectivity index (χ2v) is 12.8. The van der Waals surface area contributed by atoms with Crippen LogP contribution in [-0.4, -0.2) is 38.7 Å². The van der Waals surface area contributed by atoms with Crippen LogP contribution in [-0.2, 0) is 21.6 Å². The predicted molar refractivity (Wildman–Crippen MR) is 183 cm³/mol. The predicted octanol–water partition coefficient (Wildman–Crippen LogP) is 8.70. The first-order chi connectivity index (χ1) is 23.0. The molecule has 2 N–H and O–H groups in total. The SMILES string of the molecule is CC(C)(C)c1ccc(-c2cc(OCc3ccc(F)cc3)nc(-c3ccc4cc(OCCCCCC(C(=O)O)C(=O)O)ccc4c3)n2)cc1. The fraction of sp³-hybridized carbons (Fsp3) is 0.282. The summed E-state index contributed by atoms with van der Waals surface area (Å²) in [5.41, 5.74) is 4.53. The van der Waals surface area contributed by atoms with E-state index in [0.29, 0.717) is 43.3 Å². The van der Waals surface area contributed by atoms with E-state index in [4.69, 9.17) is 29.7 Å². The number of aliphatic carboxylic acids is 2. The van der Waals surface area contributed by atoms with E-state index in [2.05, 4.69) is 45.0 Å². The molecule has 0 spiro atoms. The molecule has 1 heterocycles. The van der Waals surface area contributed by atoms with Crippen molar-refractivity contribution in [3.05, 3.63) is 108 Å². The van der Waals surface area contributed by atoms with Crippen molar-refractivity contribution in [2.45, 2.75) is 58.5 Å². The maximum absolute atomic E-state index is 13.4. The molecule has 1 aromatic heterocycles. The molecule has 0 radical (unpaired) electrons. The highest BCUT2D eigenvalue weighted by molar-refractivity contribution is 5.92. The lowest BCUT2D eigenvalue weighted by molar-refractivity contribution is -0.154. The third-order valence-electron chi connectivity index (χ3n) is 8.12. The Balaban J connectivity index is 1.32. The average molecular weight is 651 g/mol. The average Bonchev–Trinajstić information content (AvgIpc) is 3.06. The molecule has 0 fully saturated rings. The van der Waals surface area contributed by atoms with Gasteiger partial charge < -0.3 is 19.7 Å². The summed E-state index contributed by atoms with van der Waals surface area (Å²) in [5.74, 6) is -2.66. The van der Waals surface area contributed by atoms with Crippen LogP contribution in [0, 0.1) is 11.7 Å². The Hall–Kier alpha value is -5.31. The monoisotopic (exact) mass is 650 g/mol. The van der Waals surface area contributed by atoms with Crippen molar-refractivity contribution >= 4 is 22.7 Å². The summed E-state index contributed by atoms with van der Waals surface area (Å²) < 4.78 is 25.4. The number of benzene rings is 4. The van der Waals surface area contributed by atoms with Crippen molar-refractivity contribution in [3.8, 4) is 34.3 Å². The fourth-order valence-corrected chi connectivity index (χ4v) is 5.28. The molecule has 0 aliphatic rings. The molecule has 48 heavy (non-hydrogen) atoms. The van der Waals surface area contributed by atoms with Crippen LogP contribution in [0.15, 0.2) is 91.0 Å². The molecule has 8 nitrogen and oxygen atoms in total. The van der Waals surface area contributed by atoms with Crippen molar-refractivity contribution in [3.63, 3.8) is 0 Å². The first kappa shape index (κ1) is 34.0. The Morgan fingerprint density at radius 1 is 0.750 bits per heavy atom. The molecular formula is C39H39FN2O6. The van der Waals surface area contributed by atoms with Gasteiger partial charge in [-0.2, -0.15) is 4.98 Å². The first-order valence-corrected chi connectivity index (χ1v) is 16.0. The second kappa shape index (κ2) is 15.1. The van der Waals surface area contributed by atoms with Gasteiger partial charge in [0.2, 0.25) is 5.88 Å². The lowest BCUT2D eigenvalue weighted by Crippen LogP contribution is -2.23. The number of fused-ring (bicyclic) bond motifs is 1. The maximum atomic E-state index is 13.4. The third kappa shape index (κ3) is 8.94. The Labute approximate surface area is 279 Å². The number of hydrogen-bond acceptors (Lipinski definition) is 6. The lowest BCUT2D eigenvalue weighted by atomic mass is 9.86. The number of halogens is 1. The number of carboxylic acid groups (broad SMARTS) is 2. The molecule has 0 unspecified atom stereocenters. The highest BCUT2D eigenvalue weighted by Gasteiger charge is 2.24. The second-order valence-electron chi connectivity index (χ2n) is 12.8. The van der Waals surface area contributed by atoms with Crippen molar-refractivity contribution in [2.24, 2.45) is 5.92 Å².